The molecule has 0 amide bonds. The van der Waals surface area contributed by atoms with E-state index in [9.17, 15) is 4.39 Å². The van der Waals surface area contributed by atoms with Crippen LogP contribution in [0, 0.1) is 5.82 Å². The predicted molar refractivity (Wildman–Crippen MR) is 70.4 cm³/mol. The van der Waals surface area contributed by atoms with Crippen molar-refractivity contribution in [3.8, 4) is 0 Å². The van der Waals surface area contributed by atoms with Gasteiger partial charge in [0.15, 0.2) is 0 Å². The van der Waals surface area contributed by atoms with Crippen molar-refractivity contribution in [2.24, 2.45) is 0 Å². The largest absolute Gasteiger partial charge is 0.295 e. The van der Waals surface area contributed by atoms with Gasteiger partial charge >= 0.3 is 0 Å². The van der Waals surface area contributed by atoms with Crippen LogP contribution < -0.4 is 0 Å². The van der Waals surface area contributed by atoms with Gasteiger partial charge in [0.2, 0.25) is 0 Å². The summed E-state index contributed by atoms with van der Waals surface area (Å²) in [6, 6.07) is 10.8. The molecule has 2 rings (SSSR count). The number of rotatable bonds is 5. The summed E-state index contributed by atoms with van der Waals surface area (Å²) in [6.45, 7) is 4.66. The highest BCUT2D eigenvalue weighted by molar-refractivity contribution is 5.16. The minimum absolute atomic E-state index is 0.174. The number of aromatic nitrogens is 1. The number of pyridine rings is 1. The molecule has 0 aliphatic carbocycles. The van der Waals surface area contributed by atoms with Crippen molar-refractivity contribution in [3.63, 3.8) is 0 Å². The van der Waals surface area contributed by atoms with E-state index in [4.69, 9.17) is 0 Å². The molecule has 0 atom stereocenters. The third kappa shape index (κ3) is 3.64. The Balaban J connectivity index is 2.01. The van der Waals surface area contributed by atoms with Crippen molar-refractivity contribution in [2.75, 3.05) is 6.54 Å². The van der Waals surface area contributed by atoms with Gasteiger partial charge in [0, 0.05) is 25.5 Å². The van der Waals surface area contributed by atoms with Gasteiger partial charge in [-0.25, -0.2) is 4.39 Å². The van der Waals surface area contributed by atoms with Crippen molar-refractivity contribution in [1.82, 2.24) is 9.88 Å². The van der Waals surface area contributed by atoms with Crippen LogP contribution in [0.5, 0.6) is 0 Å². The highest BCUT2D eigenvalue weighted by atomic mass is 19.1. The van der Waals surface area contributed by atoms with Gasteiger partial charge in [-0.2, -0.15) is 0 Å². The first-order valence-corrected chi connectivity index (χ1v) is 6.13. The number of hydrogen-bond acceptors (Lipinski definition) is 2. The molecule has 0 aliphatic rings. The molecule has 0 radical (unpaired) electrons. The third-order valence-corrected chi connectivity index (χ3v) is 2.90. The maximum Gasteiger partial charge on any atom is 0.123 e. The fraction of sp³-hybridized carbons (Fsp3) is 0.267. The molecule has 3 heteroatoms. The normalized spacial score (nSPS) is 10.8. The van der Waals surface area contributed by atoms with Crippen LogP contribution in [0.2, 0.25) is 0 Å². The first kappa shape index (κ1) is 12.7. The molecule has 0 aliphatic heterocycles. The molecule has 0 spiro atoms. The summed E-state index contributed by atoms with van der Waals surface area (Å²) in [5.41, 5.74) is 2.23. The summed E-state index contributed by atoms with van der Waals surface area (Å²) in [6.07, 6.45) is 3.59. The molecular weight excluding hydrogens is 227 g/mol. The topological polar surface area (TPSA) is 16.1 Å². The summed E-state index contributed by atoms with van der Waals surface area (Å²) in [4.78, 5) is 6.27. The Labute approximate surface area is 107 Å². The Morgan fingerprint density at radius 3 is 2.44 bits per heavy atom. The van der Waals surface area contributed by atoms with Crippen LogP contribution >= 0.6 is 0 Å². The molecule has 0 fully saturated rings. The Morgan fingerprint density at radius 2 is 1.78 bits per heavy atom. The average Bonchev–Trinajstić information content (AvgIpc) is 2.39. The van der Waals surface area contributed by atoms with Crippen LogP contribution in [0.25, 0.3) is 0 Å². The second-order valence-electron chi connectivity index (χ2n) is 4.29. The predicted octanol–water partition coefficient (Wildman–Crippen LogP) is 3.24. The molecule has 0 unspecified atom stereocenters. The lowest BCUT2D eigenvalue weighted by Gasteiger charge is -2.20. The second-order valence-corrected chi connectivity index (χ2v) is 4.29. The molecule has 18 heavy (non-hydrogen) atoms. The average molecular weight is 244 g/mol. The van der Waals surface area contributed by atoms with Crippen LogP contribution in [-0.4, -0.2) is 16.4 Å². The van der Waals surface area contributed by atoms with E-state index in [2.05, 4.69) is 16.8 Å². The Kier molecular flexibility index (Phi) is 4.42. The van der Waals surface area contributed by atoms with E-state index >= 15 is 0 Å². The summed E-state index contributed by atoms with van der Waals surface area (Å²) in [7, 11) is 0. The van der Waals surface area contributed by atoms with Gasteiger partial charge in [0.1, 0.15) is 5.82 Å². The van der Waals surface area contributed by atoms with Crippen LogP contribution in [0.3, 0.4) is 0 Å². The Hall–Kier alpha value is -1.74. The molecule has 1 heterocycles. The highest BCUT2D eigenvalue weighted by Gasteiger charge is 2.05. The molecule has 0 saturated carbocycles. The standard InChI is InChI=1S/C15H17FN2/c1-2-18(11-13-6-8-17-9-7-13)12-14-4-3-5-15(16)10-14/h3-10H,2,11-12H2,1H3. The van der Waals surface area contributed by atoms with Crippen LogP contribution in [0.1, 0.15) is 18.1 Å². The minimum Gasteiger partial charge on any atom is -0.295 e. The van der Waals surface area contributed by atoms with Crippen LogP contribution in [-0.2, 0) is 13.1 Å². The SMILES string of the molecule is CCN(Cc1ccncc1)Cc1cccc(F)c1. The molecular formula is C15H17FN2. The lowest BCUT2D eigenvalue weighted by molar-refractivity contribution is 0.271. The number of benzene rings is 1. The summed E-state index contributed by atoms with van der Waals surface area (Å²) in [5, 5.41) is 0. The fourth-order valence-electron chi connectivity index (χ4n) is 1.92. The molecule has 0 bridgehead atoms. The zero-order valence-electron chi connectivity index (χ0n) is 10.5. The summed E-state index contributed by atoms with van der Waals surface area (Å²) < 4.78 is 13.1. The molecule has 2 aromatic rings. The van der Waals surface area contributed by atoms with Gasteiger partial charge in [-0.05, 0) is 41.9 Å². The number of halogens is 1. The van der Waals surface area contributed by atoms with E-state index in [1.807, 2.05) is 18.2 Å². The van der Waals surface area contributed by atoms with Gasteiger partial charge in [0.05, 0.1) is 0 Å². The first-order valence-electron chi connectivity index (χ1n) is 6.13. The van der Waals surface area contributed by atoms with E-state index in [0.29, 0.717) is 0 Å². The molecule has 2 nitrogen and oxygen atoms in total. The molecule has 0 N–H and O–H groups in total. The van der Waals surface area contributed by atoms with Gasteiger partial charge in [-0.1, -0.05) is 19.1 Å². The highest BCUT2D eigenvalue weighted by Crippen LogP contribution is 2.10. The lowest BCUT2D eigenvalue weighted by Crippen LogP contribution is -2.22. The fourth-order valence-corrected chi connectivity index (χ4v) is 1.92. The lowest BCUT2D eigenvalue weighted by atomic mass is 10.2. The zero-order valence-corrected chi connectivity index (χ0v) is 10.5. The number of nitrogens with zero attached hydrogens (tertiary/aromatic N) is 2. The quantitative estimate of drug-likeness (QED) is 0.802. The van der Waals surface area contributed by atoms with Gasteiger partial charge in [-0.3, -0.25) is 9.88 Å². The second kappa shape index (κ2) is 6.26. The van der Waals surface area contributed by atoms with Gasteiger partial charge < -0.3 is 0 Å². The number of hydrogen-bond donors (Lipinski definition) is 0. The van der Waals surface area contributed by atoms with E-state index < -0.39 is 0 Å². The van der Waals surface area contributed by atoms with E-state index in [0.717, 1.165) is 25.2 Å². The molecule has 1 aromatic heterocycles. The maximum atomic E-state index is 13.1. The van der Waals surface area contributed by atoms with Crippen molar-refractivity contribution in [1.29, 1.82) is 0 Å². The van der Waals surface area contributed by atoms with Crippen LogP contribution in [0.15, 0.2) is 48.8 Å². The van der Waals surface area contributed by atoms with E-state index in [1.165, 1.54) is 11.6 Å². The Morgan fingerprint density at radius 1 is 1.06 bits per heavy atom. The van der Waals surface area contributed by atoms with Gasteiger partial charge in [0.25, 0.3) is 0 Å². The summed E-state index contributed by atoms with van der Waals surface area (Å²) in [5.74, 6) is -0.174. The Bertz CT molecular complexity index is 485. The smallest absolute Gasteiger partial charge is 0.123 e. The molecule has 0 saturated heterocycles. The summed E-state index contributed by atoms with van der Waals surface area (Å²) >= 11 is 0. The van der Waals surface area contributed by atoms with Crippen LogP contribution in [0.4, 0.5) is 4.39 Å². The minimum atomic E-state index is -0.174. The van der Waals surface area contributed by atoms with E-state index in [1.54, 1.807) is 24.5 Å². The van der Waals surface area contributed by atoms with Gasteiger partial charge in [-0.15, -0.1) is 0 Å². The molecule has 1 aromatic carbocycles. The molecule has 94 valence electrons. The van der Waals surface area contributed by atoms with Crippen molar-refractivity contribution < 1.29 is 4.39 Å². The maximum absolute atomic E-state index is 13.1. The van der Waals surface area contributed by atoms with Crippen molar-refractivity contribution in [3.05, 3.63) is 65.7 Å². The zero-order chi connectivity index (χ0) is 12.8. The van der Waals surface area contributed by atoms with E-state index in [-0.39, 0.29) is 5.82 Å². The monoisotopic (exact) mass is 244 g/mol. The van der Waals surface area contributed by atoms with Crippen molar-refractivity contribution >= 4 is 0 Å². The third-order valence-electron chi connectivity index (χ3n) is 2.90. The first-order chi connectivity index (χ1) is 8.78. The van der Waals surface area contributed by atoms with Crippen molar-refractivity contribution in [2.45, 2.75) is 20.0 Å².